The summed E-state index contributed by atoms with van der Waals surface area (Å²) in [6.45, 7) is 24.7. The fourth-order valence-electron chi connectivity index (χ4n) is 12.5. The molecular formula is C56H78Cl2OSiZr. The van der Waals surface area contributed by atoms with Gasteiger partial charge in [-0.2, -0.15) is 0 Å². The number of methoxy groups -OCH3 is 1. The molecule has 3 aromatic carbocycles. The van der Waals surface area contributed by atoms with Crippen molar-refractivity contribution < 1.29 is 25.6 Å². The van der Waals surface area contributed by atoms with Gasteiger partial charge in [-0.15, -0.1) is 0 Å². The van der Waals surface area contributed by atoms with E-state index in [1.807, 2.05) is 7.11 Å². The summed E-state index contributed by atoms with van der Waals surface area (Å²) in [6.07, 6.45) is 24.7. The number of benzene rings is 3. The summed E-state index contributed by atoms with van der Waals surface area (Å²) in [5.41, 5.74) is 12.9. The van der Waals surface area contributed by atoms with Gasteiger partial charge in [0.15, 0.2) is 0 Å². The van der Waals surface area contributed by atoms with Crippen LogP contribution in [0.15, 0.2) is 103 Å². The molecule has 4 aliphatic carbocycles. The van der Waals surface area contributed by atoms with E-state index in [2.05, 4.69) is 172 Å². The number of rotatable bonds is 11. The van der Waals surface area contributed by atoms with Crippen molar-refractivity contribution in [2.24, 2.45) is 35.5 Å². The van der Waals surface area contributed by atoms with Crippen LogP contribution < -0.4 is 4.74 Å². The molecule has 3 aromatic rings. The van der Waals surface area contributed by atoms with Crippen molar-refractivity contribution in [1.29, 1.82) is 0 Å². The molecule has 2 saturated carbocycles. The summed E-state index contributed by atoms with van der Waals surface area (Å²) in [4.78, 5) is 0. The van der Waals surface area contributed by atoms with Gasteiger partial charge in [0.05, 0.1) is 15.2 Å². The number of ether oxygens (including phenoxy) is 1. The fourth-order valence-corrected chi connectivity index (χ4v) is 18.8. The van der Waals surface area contributed by atoms with E-state index in [1.165, 1.54) is 78.3 Å². The molecule has 0 aliphatic heterocycles. The van der Waals surface area contributed by atoms with Crippen LogP contribution in [0.3, 0.4) is 0 Å². The Balaban J connectivity index is 0.00000159. The number of fused-ring (bicyclic) bond motifs is 2. The molecule has 0 spiro atoms. The molecule has 2 fully saturated rings. The predicted molar refractivity (Wildman–Crippen MR) is 271 cm³/mol. The van der Waals surface area contributed by atoms with Gasteiger partial charge >= 0.3 is 37.9 Å². The predicted octanol–water partition coefficient (Wildman–Crippen LogP) is 17.8. The molecule has 8 atom stereocenters. The molecule has 0 saturated heterocycles. The maximum absolute atomic E-state index is 6.22. The van der Waals surface area contributed by atoms with E-state index in [9.17, 15) is 0 Å². The van der Waals surface area contributed by atoms with Crippen LogP contribution in [0.25, 0.3) is 22.3 Å². The number of hydrogen-bond acceptors (Lipinski definition) is 1. The third-order valence-corrected chi connectivity index (χ3v) is 20.0. The molecule has 0 radical (unpaired) electrons. The van der Waals surface area contributed by atoms with Gasteiger partial charge in [0.1, 0.15) is 5.75 Å². The van der Waals surface area contributed by atoms with Crippen molar-refractivity contribution in [2.75, 3.05) is 7.11 Å². The van der Waals surface area contributed by atoms with Gasteiger partial charge in [-0.05, 0) is 116 Å². The van der Waals surface area contributed by atoms with Gasteiger partial charge in [0.25, 0.3) is 0 Å². The molecule has 7 rings (SSSR count). The molecule has 0 N–H and O–H groups in total. The zero-order valence-electron chi connectivity index (χ0n) is 40.0. The quantitative estimate of drug-likeness (QED) is 0.106. The van der Waals surface area contributed by atoms with E-state index in [0.717, 1.165) is 22.7 Å². The molecule has 0 heterocycles. The number of hydrogen-bond donors (Lipinski definition) is 0. The van der Waals surface area contributed by atoms with Gasteiger partial charge in [-0.25, -0.2) is 0 Å². The van der Waals surface area contributed by atoms with E-state index in [1.54, 1.807) is 11.1 Å². The first-order valence-corrected chi connectivity index (χ1v) is 32.2. The van der Waals surface area contributed by atoms with Crippen molar-refractivity contribution >= 4 is 36.2 Å². The number of unbranched alkanes of at least 4 members (excludes halogenated alkanes) is 3. The van der Waals surface area contributed by atoms with E-state index in [4.69, 9.17) is 21.8 Å². The topological polar surface area (TPSA) is 9.23 Å². The zero-order chi connectivity index (χ0) is 42.7. The SMILES string of the molecule is CCCCCCC1CC2C(c3ccccc3-c3ccccc3)=CC=CC2C1[Si](C)(C)C1C(C)CC2C(c3cc(C(C)(C)C)c(OC)c(C(C)(C)C)c3)=CC=CC21.[CH3-].[CH3-].[Cl][Zr+2][Cl]. The van der Waals surface area contributed by atoms with Crippen LogP contribution in [0.5, 0.6) is 5.75 Å². The molecule has 8 unspecified atom stereocenters. The molecule has 0 aromatic heterocycles. The average molecular weight is 957 g/mol. The molecule has 5 heteroatoms. The Labute approximate surface area is 394 Å². The summed E-state index contributed by atoms with van der Waals surface area (Å²) >= 11 is -0.826. The first-order chi connectivity index (χ1) is 28.1. The molecule has 1 nitrogen and oxygen atoms in total. The van der Waals surface area contributed by atoms with Crippen LogP contribution in [0.4, 0.5) is 0 Å². The van der Waals surface area contributed by atoms with Crippen molar-refractivity contribution in [3.8, 4) is 16.9 Å². The first-order valence-electron chi connectivity index (χ1n) is 22.7. The summed E-state index contributed by atoms with van der Waals surface area (Å²) in [5.74, 6) is 4.95. The van der Waals surface area contributed by atoms with Gasteiger partial charge < -0.3 is 19.6 Å². The number of halogens is 2. The number of allylic oxidation sites excluding steroid dienone is 8. The van der Waals surface area contributed by atoms with Crippen LogP contribution in [-0.4, -0.2) is 15.2 Å². The molecule has 4 aliphatic rings. The Bertz CT molecular complexity index is 1980. The molecule has 330 valence electrons. The Morgan fingerprint density at radius 1 is 0.689 bits per heavy atom. The van der Waals surface area contributed by atoms with Crippen molar-refractivity contribution in [2.45, 2.75) is 135 Å². The van der Waals surface area contributed by atoms with Gasteiger partial charge in [0.2, 0.25) is 0 Å². The minimum atomic E-state index is -1.86. The summed E-state index contributed by atoms with van der Waals surface area (Å²) in [7, 11) is 9.87. The first kappa shape index (κ1) is 51.7. The summed E-state index contributed by atoms with van der Waals surface area (Å²) in [6, 6.07) is 25.3. The Morgan fingerprint density at radius 2 is 1.21 bits per heavy atom. The van der Waals surface area contributed by atoms with Crippen LogP contribution in [-0.2, 0) is 31.7 Å². The van der Waals surface area contributed by atoms with Crippen LogP contribution >= 0.6 is 17.0 Å². The Hall–Kier alpha value is -1.90. The third kappa shape index (κ3) is 11.0. The van der Waals surface area contributed by atoms with Crippen LogP contribution in [0, 0.1) is 50.4 Å². The second-order valence-electron chi connectivity index (χ2n) is 20.9. The Kier molecular flexibility index (Phi) is 18.5. The normalized spacial score (nSPS) is 25.4. The van der Waals surface area contributed by atoms with Crippen molar-refractivity contribution in [3.63, 3.8) is 0 Å². The maximum atomic E-state index is 6.22. The van der Waals surface area contributed by atoms with E-state index < -0.39 is 28.9 Å². The monoisotopic (exact) mass is 954 g/mol. The average Bonchev–Trinajstić information content (AvgIpc) is 3.77. The van der Waals surface area contributed by atoms with E-state index in [0.29, 0.717) is 29.6 Å². The van der Waals surface area contributed by atoms with Gasteiger partial charge in [-0.3, -0.25) is 0 Å². The van der Waals surface area contributed by atoms with Gasteiger partial charge in [-0.1, -0.05) is 192 Å². The Morgan fingerprint density at radius 3 is 1.77 bits per heavy atom. The van der Waals surface area contributed by atoms with Crippen molar-refractivity contribution in [1.82, 2.24) is 0 Å². The fraction of sp³-hybridized carbons (Fsp3) is 0.500. The van der Waals surface area contributed by atoms with Gasteiger partial charge in [0, 0.05) is 11.1 Å². The summed E-state index contributed by atoms with van der Waals surface area (Å²) in [5, 5.41) is 0. The van der Waals surface area contributed by atoms with Crippen LogP contribution in [0.2, 0.25) is 24.2 Å². The molecular weight excluding hydrogens is 879 g/mol. The molecule has 0 bridgehead atoms. The molecule has 0 amide bonds. The zero-order valence-corrected chi connectivity index (χ0v) is 45.0. The van der Waals surface area contributed by atoms with Crippen LogP contribution in [0.1, 0.15) is 123 Å². The standard InChI is InChI=1S/C54H72OSi.2CH3.2ClH.Zr/c1-12-13-14-16-25-38-33-47-43(42-27-20-19-26-40(42)37-23-17-15-18-24-37)29-22-31-45(47)52(38)56(10,11)51-36(2)32-46-41(28-21-30-44(46)51)39-34-48(53(3,4)5)50(55-9)49(35-39)54(6,7)8;;;;;/h15,17-24,26-31,34-36,38,44-47,51-52H,12-14,16,25,32-33H2,1-11H3;2*1H3;2*1H;/q;2*-1;;;+4/p-2. The van der Waals surface area contributed by atoms with Crippen molar-refractivity contribution in [3.05, 3.63) is 140 Å². The van der Waals surface area contributed by atoms with E-state index >= 15 is 0 Å². The second-order valence-corrected chi connectivity index (χ2v) is 29.6. The second kappa shape index (κ2) is 21.9. The molecule has 61 heavy (non-hydrogen) atoms. The minimum absolute atomic E-state index is 0. The summed E-state index contributed by atoms with van der Waals surface area (Å²) < 4.78 is 6.22. The van der Waals surface area contributed by atoms with E-state index in [-0.39, 0.29) is 25.7 Å². The third-order valence-electron chi connectivity index (χ3n) is 14.8.